The number of alkyl halides is 3. The molecule has 19 heavy (non-hydrogen) atoms. The summed E-state index contributed by atoms with van der Waals surface area (Å²) in [5, 5.41) is 0. The summed E-state index contributed by atoms with van der Waals surface area (Å²) in [6.45, 7) is 0.616. The van der Waals surface area contributed by atoms with Gasteiger partial charge in [-0.2, -0.15) is 13.2 Å². The van der Waals surface area contributed by atoms with E-state index in [1.54, 1.807) is 4.72 Å². The molecular weight excluding hydrogens is 288 g/mol. The van der Waals surface area contributed by atoms with Crippen LogP contribution < -0.4 is 10.5 Å². The fourth-order valence-corrected chi connectivity index (χ4v) is 2.40. The van der Waals surface area contributed by atoms with Crippen molar-refractivity contribution in [2.75, 3.05) is 12.3 Å². The van der Waals surface area contributed by atoms with Gasteiger partial charge in [0.1, 0.15) is 10.7 Å². The molecule has 0 amide bonds. The van der Waals surface area contributed by atoms with Crippen molar-refractivity contribution in [2.45, 2.75) is 24.4 Å². The Balaban J connectivity index is 2.92. The van der Waals surface area contributed by atoms with Crippen molar-refractivity contribution in [2.24, 2.45) is 0 Å². The number of nitrogen functional groups attached to an aromatic ring is 1. The van der Waals surface area contributed by atoms with Gasteiger partial charge in [0, 0.05) is 12.2 Å². The minimum Gasteiger partial charge on any atom is -0.398 e. The highest BCUT2D eigenvalue weighted by Gasteiger charge is 2.28. The molecule has 0 bridgehead atoms. The number of rotatable bonds is 4. The summed E-state index contributed by atoms with van der Waals surface area (Å²) in [5.41, 5.74) is 5.82. The molecule has 0 aliphatic rings. The molecule has 0 unspecified atom stereocenters. The average molecular weight is 300 g/mol. The number of hydrogen-bond donors (Lipinski definition) is 2. The minimum absolute atomic E-state index is 0.0394. The smallest absolute Gasteiger partial charge is 0.390 e. The van der Waals surface area contributed by atoms with Crippen LogP contribution in [-0.4, -0.2) is 21.1 Å². The van der Waals surface area contributed by atoms with E-state index in [9.17, 15) is 26.0 Å². The summed E-state index contributed by atoms with van der Waals surface area (Å²) < 4.78 is 74.1. The van der Waals surface area contributed by atoms with Crippen molar-refractivity contribution in [1.29, 1.82) is 0 Å². The van der Waals surface area contributed by atoms with E-state index in [2.05, 4.69) is 0 Å². The van der Waals surface area contributed by atoms with Crippen LogP contribution in [0.25, 0.3) is 0 Å². The van der Waals surface area contributed by atoms with Gasteiger partial charge in [-0.1, -0.05) is 0 Å². The molecule has 0 fully saturated rings. The van der Waals surface area contributed by atoms with E-state index in [1.165, 1.54) is 6.92 Å². The van der Waals surface area contributed by atoms with Crippen molar-refractivity contribution in [3.8, 4) is 0 Å². The second kappa shape index (κ2) is 5.33. The highest BCUT2D eigenvalue weighted by molar-refractivity contribution is 7.89. The summed E-state index contributed by atoms with van der Waals surface area (Å²) in [6, 6.07) is 1.79. The second-order valence-electron chi connectivity index (χ2n) is 3.90. The highest BCUT2D eigenvalue weighted by Crippen LogP contribution is 2.22. The molecule has 108 valence electrons. The van der Waals surface area contributed by atoms with Gasteiger partial charge in [0.05, 0.1) is 6.42 Å². The second-order valence-corrected chi connectivity index (χ2v) is 5.64. The third-order valence-corrected chi connectivity index (χ3v) is 3.79. The van der Waals surface area contributed by atoms with Crippen LogP contribution in [0.15, 0.2) is 17.0 Å². The van der Waals surface area contributed by atoms with Crippen molar-refractivity contribution in [1.82, 2.24) is 4.72 Å². The van der Waals surface area contributed by atoms with Gasteiger partial charge in [-0.05, 0) is 24.6 Å². The van der Waals surface area contributed by atoms with Crippen molar-refractivity contribution in [3.63, 3.8) is 0 Å². The lowest BCUT2D eigenvalue weighted by atomic mass is 10.2. The van der Waals surface area contributed by atoms with Crippen LogP contribution in [0.1, 0.15) is 12.0 Å². The Bertz CT molecular complexity index is 570. The predicted octanol–water partition coefficient (Wildman–Crippen LogP) is 1.95. The first-order chi connectivity index (χ1) is 8.53. The first-order valence-corrected chi connectivity index (χ1v) is 6.63. The van der Waals surface area contributed by atoms with Crippen LogP contribution in [0, 0.1) is 12.7 Å². The Morgan fingerprint density at radius 1 is 1.32 bits per heavy atom. The third-order valence-electron chi connectivity index (χ3n) is 2.31. The van der Waals surface area contributed by atoms with E-state index in [-0.39, 0.29) is 5.69 Å². The number of benzene rings is 1. The van der Waals surface area contributed by atoms with Gasteiger partial charge in [-0.3, -0.25) is 0 Å². The average Bonchev–Trinajstić information content (AvgIpc) is 2.20. The van der Waals surface area contributed by atoms with Crippen LogP contribution >= 0.6 is 0 Å². The molecule has 1 aromatic rings. The van der Waals surface area contributed by atoms with Gasteiger partial charge in [0.25, 0.3) is 0 Å². The Hall–Kier alpha value is -1.35. The lowest BCUT2D eigenvalue weighted by Gasteiger charge is -2.11. The fourth-order valence-electron chi connectivity index (χ4n) is 1.28. The molecule has 0 heterocycles. The standard InChI is InChI=1S/C10H12F4N2O2S/c1-6-4-7(11)9(5-8(6)15)19(17,18)16-3-2-10(12,13)14/h4-5,16H,2-3,15H2,1H3. The monoisotopic (exact) mass is 300 g/mol. The normalized spacial score (nSPS) is 12.7. The fraction of sp³-hybridized carbons (Fsp3) is 0.400. The molecule has 0 saturated heterocycles. The number of sulfonamides is 1. The molecule has 4 nitrogen and oxygen atoms in total. The van der Waals surface area contributed by atoms with Gasteiger partial charge in [-0.15, -0.1) is 0 Å². The lowest BCUT2D eigenvalue weighted by molar-refractivity contribution is -0.132. The van der Waals surface area contributed by atoms with E-state index in [4.69, 9.17) is 5.73 Å². The van der Waals surface area contributed by atoms with E-state index in [0.717, 1.165) is 12.1 Å². The van der Waals surface area contributed by atoms with Gasteiger partial charge in [0.2, 0.25) is 10.0 Å². The zero-order chi connectivity index (χ0) is 14.8. The number of nitrogens with one attached hydrogen (secondary N) is 1. The van der Waals surface area contributed by atoms with E-state index < -0.39 is 39.9 Å². The van der Waals surface area contributed by atoms with E-state index >= 15 is 0 Å². The maximum absolute atomic E-state index is 13.5. The largest absolute Gasteiger partial charge is 0.398 e. The maximum Gasteiger partial charge on any atom is 0.390 e. The number of halogens is 4. The molecule has 1 aromatic carbocycles. The Morgan fingerprint density at radius 2 is 1.89 bits per heavy atom. The molecule has 0 atom stereocenters. The highest BCUT2D eigenvalue weighted by atomic mass is 32.2. The van der Waals surface area contributed by atoms with Gasteiger partial charge >= 0.3 is 6.18 Å². The Kier molecular flexibility index (Phi) is 4.41. The van der Waals surface area contributed by atoms with Crippen LogP contribution in [-0.2, 0) is 10.0 Å². The Labute approximate surface area is 107 Å². The van der Waals surface area contributed by atoms with Crippen LogP contribution in [0.5, 0.6) is 0 Å². The van der Waals surface area contributed by atoms with Gasteiger partial charge in [0.15, 0.2) is 0 Å². The van der Waals surface area contributed by atoms with Gasteiger partial charge < -0.3 is 5.73 Å². The molecular formula is C10H12F4N2O2S. The third kappa shape index (κ3) is 4.35. The predicted molar refractivity (Wildman–Crippen MR) is 61.4 cm³/mol. The molecule has 0 radical (unpaired) electrons. The van der Waals surface area contributed by atoms with E-state index in [1.807, 2.05) is 0 Å². The molecule has 0 aliphatic heterocycles. The van der Waals surface area contributed by atoms with Crippen molar-refractivity contribution >= 4 is 15.7 Å². The van der Waals surface area contributed by atoms with Crippen LogP contribution in [0.4, 0.5) is 23.2 Å². The molecule has 0 aliphatic carbocycles. The lowest BCUT2D eigenvalue weighted by Crippen LogP contribution is -2.28. The van der Waals surface area contributed by atoms with E-state index in [0.29, 0.717) is 5.56 Å². The summed E-state index contributed by atoms with van der Waals surface area (Å²) >= 11 is 0. The topological polar surface area (TPSA) is 72.2 Å². The molecule has 3 N–H and O–H groups in total. The number of anilines is 1. The summed E-state index contributed by atoms with van der Waals surface area (Å²) in [4.78, 5) is -0.766. The number of hydrogen-bond acceptors (Lipinski definition) is 3. The van der Waals surface area contributed by atoms with Gasteiger partial charge in [-0.25, -0.2) is 17.5 Å². The summed E-state index contributed by atoms with van der Waals surface area (Å²) in [7, 11) is -4.36. The summed E-state index contributed by atoms with van der Waals surface area (Å²) in [5.74, 6) is -1.06. The zero-order valence-corrected chi connectivity index (χ0v) is 10.7. The zero-order valence-electron chi connectivity index (χ0n) is 9.88. The first-order valence-electron chi connectivity index (χ1n) is 5.15. The molecule has 9 heteroatoms. The first kappa shape index (κ1) is 15.7. The number of nitrogens with two attached hydrogens (primary N) is 1. The molecule has 0 aromatic heterocycles. The SMILES string of the molecule is Cc1cc(F)c(S(=O)(=O)NCCC(F)(F)F)cc1N. The van der Waals surface area contributed by atoms with Crippen LogP contribution in [0.3, 0.4) is 0 Å². The molecule has 1 rings (SSSR count). The molecule has 0 spiro atoms. The molecule has 0 saturated carbocycles. The van der Waals surface area contributed by atoms with Crippen LogP contribution in [0.2, 0.25) is 0 Å². The quantitative estimate of drug-likeness (QED) is 0.659. The number of aryl methyl sites for hydroxylation is 1. The summed E-state index contributed by atoms with van der Waals surface area (Å²) in [6.07, 6.45) is -5.83. The van der Waals surface area contributed by atoms with Crippen molar-refractivity contribution < 1.29 is 26.0 Å². The van der Waals surface area contributed by atoms with Crippen molar-refractivity contribution in [3.05, 3.63) is 23.5 Å². The Morgan fingerprint density at radius 3 is 2.42 bits per heavy atom. The minimum atomic E-state index is -4.49. The maximum atomic E-state index is 13.5.